The minimum Gasteiger partial charge on any atom is -0.213 e. The first-order chi connectivity index (χ1) is 11.2. The first kappa shape index (κ1) is 16.6. The Balaban J connectivity index is 2.03. The number of aromatic nitrogens is 3. The van der Waals surface area contributed by atoms with Gasteiger partial charge in [0.05, 0.1) is 0 Å². The Kier molecular flexibility index (Phi) is 5.41. The predicted octanol–water partition coefficient (Wildman–Crippen LogP) is 5.27. The second-order valence-corrected chi connectivity index (χ2v) is 7.66. The van der Waals surface area contributed by atoms with E-state index in [1.807, 2.05) is 0 Å². The molecule has 3 nitrogen and oxygen atoms in total. The third-order valence-electron chi connectivity index (χ3n) is 4.26. The zero-order valence-electron chi connectivity index (χ0n) is 13.7. The summed E-state index contributed by atoms with van der Waals surface area (Å²) in [4.78, 5) is 14.3. The van der Waals surface area contributed by atoms with Crippen LogP contribution >= 0.6 is 22.6 Å². The molecule has 0 saturated carbocycles. The Morgan fingerprint density at radius 3 is 2.39 bits per heavy atom. The summed E-state index contributed by atoms with van der Waals surface area (Å²) in [5.74, 6) is 2.87. The van der Waals surface area contributed by atoms with Crippen LogP contribution in [0.2, 0.25) is 0 Å². The molecule has 1 aromatic heterocycles. The summed E-state index contributed by atoms with van der Waals surface area (Å²) in [6.45, 7) is 4.36. The number of allylic oxidation sites excluding steroid dienone is 8. The molecule has 1 aromatic rings. The molecule has 0 amide bonds. The molecule has 0 aliphatic heterocycles. The van der Waals surface area contributed by atoms with Crippen LogP contribution in [0.4, 0.5) is 0 Å². The summed E-state index contributed by atoms with van der Waals surface area (Å²) in [5, 5.41) is 0. The van der Waals surface area contributed by atoms with Crippen molar-refractivity contribution < 1.29 is 0 Å². The van der Waals surface area contributed by atoms with Gasteiger partial charge in [-0.3, -0.25) is 0 Å². The van der Waals surface area contributed by atoms with Gasteiger partial charge < -0.3 is 0 Å². The zero-order valence-corrected chi connectivity index (χ0v) is 15.8. The van der Waals surface area contributed by atoms with Crippen LogP contribution in [-0.4, -0.2) is 18.9 Å². The summed E-state index contributed by atoms with van der Waals surface area (Å²) in [7, 11) is 0. The molecule has 3 rings (SSSR count). The average molecular weight is 419 g/mol. The van der Waals surface area contributed by atoms with E-state index >= 15 is 0 Å². The summed E-state index contributed by atoms with van der Waals surface area (Å²) in [5.41, 5.74) is 2.24. The van der Waals surface area contributed by atoms with Crippen LogP contribution < -0.4 is 0 Å². The molecule has 1 heterocycles. The first-order valence-corrected chi connectivity index (χ1v) is 9.57. The van der Waals surface area contributed by atoms with Gasteiger partial charge in [-0.25, -0.2) is 15.0 Å². The van der Waals surface area contributed by atoms with Gasteiger partial charge in [0.25, 0.3) is 0 Å². The lowest BCUT2D eigenvalue weighted by Crippen LogP contribution is -2.10. The minimum absolute atomic E-state index is 0.342. The second kappa shape index (κ2) is 7.51. The van der Waals surface area contributed by atoms with Gasteiger partial charge in [0.2, 0.25) is 0 Å². The number of rotatable bonds is 4. The van der Waals surface area contributed by atoms with Gasteiger partial charge in [-0.15, -0.1) is 0 Å². The Hall–Kier alpha value is -1.30. The monoisotopic (exact) mass is 419 g/mol. The highest BCUT2D eigenvalue weighted by Crippen LogP contribution is 2.26. The Labute approximate surface area is 151 Å². The molecule has 0 aromatic carbocycles. The van der Waals surface area contributed by atoms with Crippen molar-refractivity contribution in [2.24, 2.45) is 0 Å². The number of alkyl halides is 1. The number of nitrogens with zero attached hydrogens (tertiary/aromatic N) is 3. The van der Waals surface area contributed by atoms with Gasteiger partial charge >= 0.3 is 0 Å². The molecular weight excluding hydrogens is 397 g/mol. The van der Waals surface area contributed by atoms with E-state index in [0.717, 1.165) is 54.3 Å². The summed E-state index contributed by atoms with van der Waals surface area (Å²) in [6.07, 6.45) is 17.4. The van der Waals surface area contributed by atoms with Crippen molar-refractivity contribution in [1.82, 2.24) is 15.0 Å². The number of hydrogen-bond donors (Lipinski definition) is 0. The van der Waals surface area contributed by atoms with Crippen LogP contribution in [0.15, 0.2) is 36.5 Å². The maximum atomic E-state index is 4.76. The topological polar surface area (TPSA) is 38.7 Å². The fourth-order valence-corrected chi connectivity index (χ4v) is 3.05. The van der Waals surface area contributed by atoms with E-state index in [0.29, 0.717) is 9.84 Å². The van der Waals surface area contributed by atoms with E-state index in [2.05, 4.69) is 72.9 Å². The van der Waals surface area contributed by atoms with E-state index in [4.69, 9.17) is 15.0 Å². The van der Waals surface area contributed by atoms with Gasteiger partial charge in [-0.2, -0.15) is 0 Å². The lowest BCUT2D eigenvalue weighted by Gasteiger charge is -2.15. The molecule has 2 aliphatic carbocycles. The molecule has 2 atom stereocenters. The fraction of sp³-hybridized carbons (Fsp3) is 0.421. The molecule has 0 radical (unpaired) electrons. The van der Waals surface area contributed by atoms with Gasteiger partial charge in [0, 0.05) is 21.0 Å². The van der Waals surface area contributed by atoms with E-state index in [1.165, 1.54) is 0 Å². The van der Waals surface area contributed by atoms with Crippen LogP contribution in [-0.2, 0) is 0 Å². The summed E-state index contributed by atoms with van der Waals surface area (Å²) >= 11 is 2.45. The van der Waals surface area contributed by atoms with Crippen LogP contribution in [0, 0.1) is 0 Å². The predicted molar refractivity (Wildman–Crippen MR) is 104 cm³/mol. The maximum absolute atomic E-state index is 4.76. The fourth-order valence-electron chi connectivity index (χ4n) is 2.59. The van der Waals surface area contributed by atoms with Crippen molar-refractivity contribution in [3.63, 3.8) is 0 Å². The first-order valence-electron chi connectivity index (χ1n) is 8.33. The summed E-state index contributed by atoms with van der Waals surface area (Å²) in [6, 6.07) is 0. The van der Waals surface area contributed by atoms with Gasteiger partial charge in [-0.05, 0) is 25.7 Å². The second-order valence-electron chi connectivity index (χ2n) is 6.06. The van der Waals surface area contributed by atoms with Crippen LogP contribution in [0.5, 0.6) is 0 Å². The number of hydrogen-bond acceptors (Lipinski definition) is 3. The third-order valence-corrected chi connectivity index (χ3v) is 5.19. The lowest BCUT2D eigenvalue weighted by molar-refractivity contribution is 0.666. The molecule has 2 aliphatic rings. The highest BCUT2D eigenvalue weighted by molar-refractivity contribution is 14.1. The molecule has 0 N–H and O–H groups in total. The molecule has 0 spiro atoms. The van der Waals surface area contributed by atoms with E-state index in [-0.39, 0.29) is 0 Å². The SMILES string of the molecule is CCC(C)c1nc(C2=CCCC=C2)nc(C2=CCC(I)C=C2)n1. The maximum Gasteiger partial charge on any atom is 0.163 e. The van der Waals surface area contributed by atoms with E-state index < -0.39 is 0 Å². The quantitative estimate of drug-likeness (QED) is 0.493. The Morgan fingerprint density at radius 1 is 1.09 bits per heavy atom. The van der Waals surface area contributed by atoms with Gasteiger partial charge in [0.1, 0.15) is 5.82 Å². The zero-order chi connectivity index (χ0) is 16.2. The van der Waals surface area contributed by atoms with Crippen LogP contribution in [0.3, 0.4) is 0 Å². The smallest absolute Gasteiger partial charge is 0.163 e. The highest BCUT2D eigenvalue weighted by Gasteiger charge is 2.16. The molecule has 23 heavy (non-hydrogen) atoms. The molecule has 120 valence electrons. The molecule has 2 unspecified atom stereocenters. The van der Waals surface area contributed by atoms with Crippen molar-refractivity contribution in [3.8, 4) is 0 Å². The molecule has 0 bridgehead atoms. The Morgan fingerprint density at radius 2 is 1.83 bits per heavy atom. The Bertz CT molecular complexity index is 701. The van der Waals surface area contributed by atoms with E-state index in [9.17, 15) is 0 Å². The van der Waals surface area contributed by atoms with Crippen LogP contribution in [0.25, 0.3) is 11.1 Å². The molecule has 0 fully saturated rings. The van der Waals surface area contributed by atoms with Gasteiger partial charge in [-0.1, -0.05) is 72.9 Å². The lowest BCUT2D eigenvalue weighted by atomic mass is 10.0. The van der Waals surface area contributed by atoms with Crippen molar-refractivity contribution in [2.45, 2.75) is 49.4 Å². The van der Waals surface area contributed by atoms with Crippen molar-refractivity contribution in [1.29, 1.82) is 0 Å². The average Bonchev–Trinajstić information content (AvgIpc) is 2.62. The molecule has 0 saturated heterocycles. The van der Waals surface area contributed by atoms with Crippen molar-refractivity contribution >= 4 is 33.7 Å². The van der Waals surface area contributed by atoms with Gasteiger partial charge in [0.15, 0.2) is 11.6 Å². The standard InChI is InChI=1S/C19H22IN3/c1-3-13(2)17-21-18(14-7-5-4-6-8-14)23-19(22-17)15-9-11-16(20)12-10-15/h5,7-11,13,16H,3-4,6,12H2,1-2H3. The summed E-state index contributed by atoms with van der Waals surface area (Å²) < 4.78 is 0.565. The van der Waals surface area contributed by atoms with Crippen molar-refractivity contribution in [2.75, 3.05) is 0 Å². The molecular formula is C19H22IN3. The normalized spacial score (nSPS) is 21.8. The highest BCUT2D eigenvalue weighted by atomic mass is 127. The largest absolute Gasteiger partial charge is 0.213 e. The van der Waals surface area contributed by atoms with Crippen LogP contribution in [0.1, 0.15) is 62.9 Å². The minimum atomic E-state index is 0.342. The third kappa shape index (κ3) is 3.97. The molecule has 4 heteroatoms. The van der Waals surface area contributed by atoms with E-state index in [1.54, 1.807) is 0 Å². The number of halogens is 1. The van der Waals surface area contributed by atoms with Crippen molar-refractivity contribution in [3.05, 3.63) is 53.9 Å².